The topological polar surface area (TPSA) is 29.1 Å². The molecule has 19 heavy (non-hydrogen) atoms. The minimum Gasteiger partial charge on any atom is -0.321 e. The summed E-state index contributed by atoms with van der Waals surface area (Å²) < 4.78 is 13.5. The van der Waals surface area contributed by atoms with Gasteiger partial charge in [-0.25, -0.2) is 4.39 Å². The van der Waals surface area contributed by atoms with Gasteiger partial charge >= 0.3 is 0 Å². The Bertz CT molecular complexity index is 608. The molecule has 96 valence electrons. The number of benzene rings is 2. The number of hydrogen-bond donors (Lipinski definition) is 1. The highest BCUT2D eigenvalue weighted by Crippen LogP contribution is 2.21. The van der Waals surface area contributed by atoms with Crippen LogP contribution in [0.1, 0.15) is 5.56 Å². The lowest BCUT2D eigenvalue weighted by atomic mass is 10.2. The fraction of sp³-hybridized carbons (Fsp3) is 0. The highest BCUT2D eigenvalue weighted by molar-refractivity contribution is 9.10. The van der Waals surface area contributed by atoms with Gasteiger partial charge in [-0.15, -0.1) is 0 Å². The smallest absolute Gasteiger partial charge is 0.248 e. The van der Waals surface area contributed by atoms with Crippen LogP contribution >= 0.6 is 15.9 Å². The fourth-order valence-corrected chi connectivity index (χ4v) is 1.87. The summed E-state index contributed by atoms with van der Waals surface area (Å²) in [7, 11) is 0. The molecule has 0 unspecified atom stereocenters. The van der Waals surface area contributed by atoms with Crippen molar-refractivity contribution in [3.05, 3.63) is 70.5 Å². The van der Waals surface area contributed by atoms with Crippen molar-refractivity contribution in [1.82, 2.24) is 0 Å². The first-order valence-electron chi connectivity index (χ1n) is 5.64. The Hall–Kier alpha value is -1.94. The number of carbonyl (C=O) groups excluding carboxylic acids is 1. The number of rotatable bonds is 3. The summed E-state index contributed by atoms with van der Waals surface area (Å²) in [5.74, 6) is -0.536. The van der Waals surface area contributed by atoms with Crippen molar-refractivity contribution in [2.45, 2.75) is 0 Å². The summed E-state index contributed by atoms with van der Waals surface area (Å²) in [5.41, 5.74) is 1.47. The lowest BCUT2D eigenvalue weighted by Gasteiger charge is -2.03. The van der Waals surface area contributed by atoms with Gasteiger partial charge in [-0.2, -0.15) is 0 Å². The maximum Gasteiger partial charge on any atom is 0.248 e. The van der Waals surface area contributed by atoms with Crippen molar-refractivity contribution >= 4 is 33.6 Å². The molecule has 0 bridgehead atoms. The van der Waals surface area contributed by atoms with Crippen LogP contribution < -0.4 is 5.32 Å². The molecule has 0 aliphatic heterocycles. The van der Waals surface area contributed by atoms with Crippen LogP contribution in [0.5, 0.6) is 0 Å². The second-order valence-electron chi connectivity index (χ2n) is 3.85. The van der Waals surface area contributed by atoms with Gasteiger partial charge in [0.25, 0.3) is 0 Å². The molecule has 4 heteroatoms. The van der Waals surface area contributed by atoms with Crippen LogP contribution in [0.25, 0.3) is 6.08 Å². The zero-order valence-corrected chi connectivity index (χ0v) is 11.5. The van der Waals surface area contributed by atoms with Crippen LogP contribution in [0.2, 0.25) is 0 Å². The SMILES string of the molecule is O=C(/C=C/c1ccc(F)cc1)Nc1ccccc1Br. The molecular weight excluding hydrogens is 309 g/mol. The lowest BCUT2D eigenvalue weighted by molar-refractivity contribution is -0.111. The maximum atomic E-state index is 12.7. The monoisotopic (exact) mass is 319 g/mol. The maximum absolute atomic E-state index is 12.7. The first kappa shape index (κ1) is 13.5. The van der Waals surface area contributed by atoms with E-state index in [9.17, 15) is 9.18 Å². The highest BCUT2D eigenvalue weighted by atomic mass is 79.9. The van der Waals surface area contributed by atoms with Crippen LogP contribution in [-0.2, 0) is 4.79 Å². The van der Waals surface area contributed by atoms with Crippen molar-refractivity contribution in [2.24, 2.45) is 0 Å². The van der Waals surface area contributed by atoms with E-state index in [1.54, 1.807) is 24.3 Å². The van der Waals surface area contributed by atoms with E-state index in [1.165, 1.54) is 18.2 Å². The number of amides is 1. The Kier molecular flexibility index (Phi) is 4.47. The second kappa shape index (κ2) is 6.29. The molecule has 0 aliphatic carbocycles. The first-order chi connectivity index (χ1) is 9.15. The molecular formula is C15H11BrFNO. The number of halogens is 2. The van der Waals surface area contributed by atoms with Gasteiger partial charge in [-0.3, -0.25) is 4.79 Å². The van der Waals surface area contributed by atoms with E-state index < -0.39 is 0 Å². The summed E-state index contributed by atoms with van der Waals surface area (Å²) in [6, 6.07) is 13.3. The molecule has 0 spiro atoms. The molecule has 1 amide bonds. The third-order valence-corrected chi connectivity index (χ3v) is 3.12. The lowest BCUT2D eigenvalue weighted by Crippen LogP contribution is -2.07. The number of nitrogens with one attached hydrogen (secondary N) is 1. The molecule has 1 N–H and O–H groups in total. The van der Waals surface area contributed by atoms with Gasteiger partial charge in [0.15, 0.2) is 0 Å². The van der Waals surface area contributed by atoms with Crippen LogP contribution in [0.15, 0.2) is 59.1 Å². The van der Waals surface area contributed by atoms with Gasteiger partial charge in [-0.1, -0.05) is 24.3 Å². The largest absolute Gasteiger partial charge is 0.321 e. The molecule has 2 nitrogen and oxygen atoms in total. The van der Waals surface area contributed by atoms with E-state index in [-0.39, 0.29) is 11.7 Å². The van der Waals surface area contributed by atoms with E-state index in [2.05, 4.69) is 21.2 Å². The van der Waals surface area contributed by atoms with Gasteiger partial charge in [0, 0.05) is 10.5 Å². The minimum atomic E-state index is -0.296. The predicted molar refractivity (Wildman–Crippen MR) is 78.2 cm³/mol. The van der Waals surface area contributed by atoms with Crippen LogP contribution in [-0.4, -0.2) is 5.91 Å². The number of para-hydroxylation sites is 1. The Morgan fingerprint density at radius 2 is 1.79 bits per heavy atom. The Balaban J connectivity index is 2.02. The van der Waals surface area contributed by atoms with E-state index in [4.69, 9.17) is 0 Å². The zero-order valence-electron chi connectivity index (χ0n) is 9.94. The number of carbonyl (C=O) groups is 1. The Labute approximate surface area is 119 Å². The quantitative estimate of drug-likeness (QED) is 0.842. The summed E-state index contributed by atoms with van der Waals surface area (Å²) in [5, 5.41) is 2.75. The van der Waals surface area contributed by atoms with Gasteiger partial charge < -0.3 is 5.32 Å². The molecule has 0 aliphatic rings. The first-order valence-corrected chi connectivity index (χ1v) is 6.43. The molecule has 2 aromatic rings. The highest BCUT2D eigenvalue weighted by Gasteiger charge is 2.01. The average Bonchev–Trinajstić information content (AvgIpc) is 2.41. The molecule has 0 atom stereocenters. The van der Waals surface area contributed by atoms with Crippen LogP contribution in [0.4, 0.5) is 10.1 Å². The molecule has 0 heterocycles. The van der Waals surface area contributed by atoms with Crippen LogP contribution in [0, 0.1) is 5.82 Å². The molecule has 0 aromatic heterocycles. The summed E-state index contributed by atoms with van der Waals surface area (Å²) >= 11 is 3.35. The molecule has 2 aromatic carbocycles. The molecule has 0 fully saturated rings. The Morgan fingerprint density at radius 3 is 2.47 bits per heavy atom. The molecule has 0 saturated carbocycles. The summed E-state index contributed by atoms with van der Waals surface area (Å²) in [4.78, 5) is 11.7. The summed E-state index contributed by atoms with van der Waals surface area (Å²) in [6.07, 6.45) is 3.04. The normalized spacial score (nSPS) is 10.6. The van der Waals surface area contributed by atoms with E-state index in [1.807, 2.05) is 18.2 Å². The van der Waals surface area contributed by atoms with Crippen molar-refractivity contribution in [1.29, 1.82) is 0 Å². The number of hydrogen-bond acceptors (Lipinski definition) is 1. The second-order valence-corrected chi connectivity index (χ2v) is 4.71. The minimum absolute atomic E-state index is 0.240. The fourth-order valence-electron chi connectivity index (χ4n) is 1.48. The van der Waals surface area contributed by atoms with Crippen molar-refractivity contribution < 1.29 is 9.18 Å². The molecule has 0 saturated heterocycles. The Morgan fingerprint density at radius 1 is 1.11 bits per heavy atom. The third kappa shape index (κ3) is 4.03. The van der Waals surface area contributed by atoms with Crippen molar-refractivity contribution in [2.75, 3.05) is 5.32 Å². The molecule has 0 radical (unpaired) electrons. The standard InChI is InChI=1S/C15H11BrFNO/c16-13-3-1-2-4-14(13)18-15(19)10-7-11-5-8-12(17)9-6-11/h1-10H,(H,18,19)/b10-7+. The van der Waals surface area contributed by atoms with Gasteiger partial charge in [0.1, 0.15) is 5.82 Å². The van der Waals surface area contributed by atoms with Gasteiger partial charge in [0.05, 0.1) is 5.69 Å². The predicted octanol–water partition coefficient (Wildman–Crippen LogP) is 4.24. The number of anilines is 1. The van der Waals surface area contributed by atoms with Gasteiger partial charge in [0.2, 0.25) is 5.91 Å². The zero-order chi connectivity index (χ0) is 13.7. The van der Waals surface area contributed by atoms with Gasteiger partial charge in [-0.05, 0) is 51.8 Å². The molecule has 2 rings (SSSR count). The van der Waals surface area contributed by atoms with E-state index in [0.29, 0.717) is 5.69 Å². The van der Waals surface area contributed by atoms with E-state index >= 15 is 0 Å². The van der Waals surface area contributed by atoms with E-state index in [0.717, 1.165) is 10.0 Å². The average molecular weight is 320 g/mol. The summed E-state index contributed by atoms with van der Waals surface area (Å²) in [6.45, 7) is 0. The van der Waals surface area contributed by atoms with Crippen LogP contribution in [0.3, 0.4) is 0 Å². The van der Waals surface area contributed by atoms with Crippen molar-refractivity contribution in [3.8, 4) is 0 Å². The van der Waals surface area contributed by atoms with Crippen molar-refractivity contribution in [3.63, 3.8) is 0 Å². The third-order valence-electron chi connectivity index (χ3n) is 2.43.